The van der Waals surface area contributed by atoms with Gasteiger partial charge in [0.25, 0.3) is 0 Å². The summed E-state index contributed by atoms with van der Waals surface area (Å²) in [5.41, 5.74) is 5.21. The van der Waals surface area contributed by atoms with E-state index in [0.29, 0.717) is 21.4 Å². The van der Waals surface area contributed by atoms with Gasteiger partial charge in [-0.15, -0.1) is 5.10 Å². The summed E-state index contributed by atoms with van der Waals surface area (Å²) in [4.78, 5) is 0. The van der Waals surface area contributed by atoms with Crippen molar-refractivity contribution in [2.75, 3.05) is 5.43 Å². The summed E-state index contributed by atoms with van der Waals surface area (Å²) in [7, 11) is 4.76. The molecular weight excluding hydrogens is 644 g/mol. The summed E-state index contributed by atoms with van der Waals surface area (Å²) < 4.78 is 0. The van der Waals surface area contributed by atoms with Crippen molar-refractivity contribution in [3.63, 3.8) is 0 Å². The van der Waals surface area contributed by atoms with E-state index in [1.54, 1.807) is 24.8 Å². The van der Waals surface area contributed by atoms with Crippen molar-refractivity contribution in [1.29, 1.82) is 0 Å². The van der Waals surface area contributed by atoms with Gasteiger partial charge in [-0.25, -0.2) is 0 Å². The molecule has 2 heterocycles. The first-order valence-electron chi connectivity index (χ1n) is 12.4. The number of halogens is 3. The van der Waals surface area contributed by atoms with E-state index in [9.17, 15) is 0 Å². The molecule has 204 valence electrons. The Morgan fingerprint density at radius 2 is 1.33 bits per heavy atom. The second kappa shape index (κ2) is 16.4. The van der Waals surface area contributed by atoms with Crippen molar-refractivity contribution >= 4 is 72.7 Å². The van der Waals surface area contributed by atoms with Crippen LogP contribution in [-0.2, 0) is 17.3 Å². The van der Waals surface area contributed by atoms with E-state index < -0.39 is 0 Å². The third kappa shape index (κ3) is 9.00. The first kappa shape index (κ1) is 30.9. The van der Waals surface area contributed by atoms with Gasteiger partial charge in [-0.05, 0) is 51.7 Å². The van der Waals surface area contributed by atoms with Crippen molar-refractivity contribution in [3.05, 3.63) is 136 Å². The maximum absolute atomic E-state index is 5.91. The number of rotatable bonds is 5. The SMILES string of the molecule is Clc1cccc(/C=N\N=c2/[n-]ncc3ccccc23)c1.Clc1cccc(/C=N\Nc2nncc3ccccc23)c1.[Cl][Zn+]. The zero-order chi connectivity index (χ0) is 29.6. The molecule has 0 amide bonds. The van der Waals surface area contributed by atoms with E-state index in [-0.39, 0.29) is 0 Å². The molecule has 0 fully saturated rings. The number of nitrogens with one attached hydrogen (secondary N) is 1. The quantitative estimate of drug-likeness (QED) is 0.119. The molecule has 42 heavy (non-hydrogen) atoms. The molecule has 0 aliphatic carbocycles. The predicted octanol–water partition coefficient (Wildman–Crippen LogP) is 7.20. The first-order chi connectivity index (χ1) is 20.7. The zero-order valence-corrected chi connectivity index (χ0v) is 27.3. The standard InChI is InChI=1S/C15H11ClN4.C15H10ClN4.ClH.Zn/c2*16-13-6-3-4-11(8-13)9-17-19-15-14-7-2-1-5-12(14)10-18-20-15;;/h1-10H,(H,19,20);1-10H;1H;/q;-1;;+2/p-1/b2*17-9-;;. The van der Waals surface area contributed by atoms with Gasteiger partial charge in [-0.3, -0.25) is 15.6 Å². The van der Waals surface area contributed by atoms with Crippen molar-refractivity contribution in [2.45, 2.75) is 0 Å². The molecule has 6 rings (SSSR count). The molecule has 0 saturated heterocycles. The van der Waals surface area contributed by atoms with Gasteiger partial charge in [0.2, 0.25) is 0 Å². The average Bonchev–Trinajstić information content (AvgIpc) is 3.03. The van der Waals surface area contributed by atoms with Crippen LogP contribution in [0.15, 0.2) is 125 Å². The third-order valence-corrected chi connectivity index (χ3v) is 6.03. The van der Waals surface area contributed by atoms with Crippen LogP contribution in [0.25, 0.3) is 21.5 Å². The van der Waals surface area contributed by atoms with Crippen LogP contribution < -0.4 is 16.0 Å². The summed E-state index contributed by atoms with van der Waals surface area (Å²) in [5.74, 6) is 0.626. The topological polar surface area (TPSA) is 102 Å². The second-order valence-corrected chi connectivity index (χ2v) is 9.23. The van der Waals surface area contributed by atoms with Crippen molar-refractivity contribution in [1.82, 2.24) is 20.4 Å². The van der Waals surface area contributed by atoms with Gasteiger partial charge in [0.15, 0.2) is 5.82 Å². The molecule has 0 spiro atoms. The number of fused-ring (bicyclic) bond motifs is 2. The zero-order valence-electron chi connectivity index (χ0n) is 22.0. The Labute approximate surface area is 265 Å². The fourth-order valence-electron chi connectivity index (χ4n) is 3.69. The summed E-state index contributed by atoms with van der Waals surface area (Å²) >= 11 is 12.7. The summed E-state index contributed by atoms with van der Waals surface area (Å²) in [6.07, 6.45) is 6.75. The Morgan fingerprint density at radius 3 is 2.02 bits per heavy atom. The van der Waals surface area contributed by atoms with Gasteiger partial charge < -0.3 is 10.2 Å². The molecule has 2 aromatic heterocycles. The van der Waals surface area contributed by atoms with Crippen LogP contribution in [0.5, 0.6) is 0 Å². The van der Waals surface area contributed by atoms with Gasteiger partial charge >= 0.3 is 27.0 Å². The van der Waals surface area contributed by atoms with Gasteiger partial charge in [-0.1, -0.05) is 96.0 Å². The minimum absolute atomic E-state index is 0.501. The maximum atomic E-state index is 5.91. The van der Waals surface area contributed by atoms with E-state index in [0.717, 1.165) is 50.0 Å². The number of nitrogens with zero attached hydrogens (tertiary/aromatic N) is 7. The fraction of sp³-hybridized carbons (Fsp3) is 0. The number of hydrogen-bond acceptors (Lipinski definition) is 7. The van der Waals surface area contributed by atoms with E-state index in [1.807, 2.05) is 97.1 Å². The van der Waals surface area contributed by atoms with Gasteiger partial charge in [0, 0.05) is 33.2 Å². The summed E-state index contributed by atoms with van der Waals surface area (Å²) in [6, 6.07) is 30.5. The van der Waals surface area contributed by atoms with Crippen LogP contribution in [-0.4, -0.2) is 27.7 Å². The Morgan fingerprint density at radius 1 is 0.714 bits per heavy atom. The number of anilines is 1. The molecule has 0 radical (unpaired) electrons. The summed E-state index contributed by atoms with van der Waals surface area (Å²) in [5, 5.41) is 33.5. The third-order valence-electron chi connectivity index (χ3n) is 5.56. The Balaban J connectivity index is 0.000000182. The second-order valence-electron chi connectivity index (χ2n) is 8.36. The first-order valence-corrected chi connectivity index (χ1v) is 17.0. The molecule has 6 aromatic rings. The molecule has 8 nitrogen and oxygen atoms in total. The molecular formula is C30H21Cl3N8Zn. The number of hydrogen-bond donors (Lipinski definition) is 1. The average molecular weight is 665 g/mol. The Kier molecular flexibility index (Phi) is 12.1. The monoisotopic (exact) mass is 662 g/mol. The van der Waals surface area contributed by atoms with Crippen LogP contribution >= 0.6 is 32.9 Å². The van der Waals surface area contributed by atoms with Crippen molar-refractivity contribution < 1.29 is 17.3 Å². The van der Waals surface area contributed by atoms with Crippen LogP contribution in [0, 0.1) is 0 Å². The molecule has 0 bridgehead atoms. The van der Waals surface area contributed by atoms with E-state index >= 15 is 0 Å². The molecule has 0 saturated carbocycles. The molecule has 0 aliphatic heterocycles. The van der Waals surface area contributed by atoms with Crippen LogP contribution in [0.1, 0.15) is 11.1 Å². The molecule has 0 unspecified atom stereocenters. The van der Waals surface area contributed by atoms with Crippen LogP contribution in [0.4, 0.5) is 5.82 Å². The van der Waals surface area contributed by atoms with E-state index in [4.69, 9.17) is 32.9 Å². The molecule has 12 heteroatoms. The van der Waals surface area contributed by atoms with Crippen molar-refractivity contribution in [3.8, 4) is 0 Å². The van der Waals surface area contributed by atoms with Crippen LogP contribution in [0.2, 0.25) is 10.0 Å². The minimum atomic E-state index is 0.501. The Hall–Kier alpha value is -4.01. The van der Waals surface area contributed by atoms with Crippen molar-refractivity contribution in [2.24, 2.45) is 15.3 Å². The van der Waals surface area contributed by atoms with Crippen LogP contribution in [0.3, 0.4) is 0 Å². The van der Waals surface area contributed by atoms with E-state index in [1.165, 1.54) is 0 Å². The van der Waals surface area contributed by atoms with Gasteiger partial charge in [0.05, 0.1) is 12.4 Å². The van der Waals surface area contributed by atoms with E-state index in [2.05, 4.69) is 41.1 Å². The van der Waals surface area contributed by atoms with Gasteiger partial charge in [0.1, 0.15) is 0 Å². The molecule has 4 aromatic carbocycles. The Bertz CT molecular complexity index is 1880. The molecule has 0 atom stereocenters. The normalized spacial score (nSPS) is 11.3. The molecule has 0 aliphatic rings. The summed E-state index contributed by atoms with van der Waals surface area (Å²) in [6.45, 7) is 0. The number of aromatic nitrogens is 4. The van der Waals surface area contributed by atoms with Gasteiger partial charge in [-0.2, -0.15) is 10.2 Å². The predicted molar refractivity (Wildman–Crippen MR) is 168 cm³/mol. The number of hydrazone groups is 1. The fourth-order valence-corrected chi connectivity index (χ4v) is 4.09. The molecule has 1 N–H and O–H groups in total. The number of benzene rings is 4.